The normalized spacial score (nSPS) is 27.6. The summed E-state index contributed by atoms with van der Waals surface area (Å²) in [6, 6.07) is 6.82. The van der Waals surface area contributed by atoms with Crippen LogP contribution in [-0.2, 0) is 84.5 Å². The van der Waals surface area contributed by atoms with Gasteiger partial charge in [0.2, 0.25) is 55.2 Å². The van der Waals surface area contributed by atoms with Gasteiger partial charge in [-0.1, -0.05) is 97.5 Å². The van der Waals surface area contributed by atoms with Crippen LogP contribution in [0, 0.1) is 11.8 Å². The van der Waals surface area contributed by atoms with E-state index < -0.39 is 159 Å². The highest BCUT2D eigenvalue weighted by atomic mass is 35.5. The van der Waals surface area contributed by atoms with Crippen molar-refractivity contribution < 1.29 is 74.1 Å². The Labute approximate surface area is 681 Å². The van der Waals surface area contributed by atoms with Crippen LogP contribution in [0.15, 0.2) is 79.9 Å². The van der Waals surface area contributed by atoms with Crippen LogP contribution in [0.2, 0.25) is 10.0 Å². The molecule has 8 N–H and O–H groups in total. The first-order valence-corrected chi connectivity index (χ1v) is 43.5. The Morgan fingerprint density at radius 1 is 0.565 bits per heavy atom. The van der Waals surface area contributed by atoms with Crippen molar-refractivity contribution in [2.24, 2.45) is 17.6 Å². The summed E-state index contributed by atoms with van der Waals surface area (Å²) in [7, 11) is -7.76. The van der Waals surface area contributed by atoms with E-state index in [4.69, 9.17) is 47.9 Å². The first-order chi connectivity index (χ1) is 54.6. The Hall–Kier alpha value is -8.67. The van der Waals surface area contributed by atoms with Gasteiger partial charge in [-0.3, -0.25) is 67.2 Å². The molecule has 8 fully saturated rings. The van der Waals surface area contributed by atoms with Crippen molar-refractivity contribution >= 4 is 115 Å². The number of fused-ring (bicyclic) bond motifs is 6. The molecule has 115 heavy (non-hydrogen) atoms. The summed E-state index contributed by atoms with van der Waals surface area (Å²) in [6.45, 7) is 8.91. The van der Waals surface area contributed by atoms with Crippen molar-refractivity contribution in [2.75, 3.05) is 62.7 Å². The topological polar surface area (TPSA) is 424 Å². The van der Waals surface area contributed by atoms with E-state index in [-0.39, 0.29) is 93.7 Å². The summed E-state index contributed by atoms with van der Waals surface area (Å²) in [6.07, 6.45) is 15.8. The van der Waals surface area contributed by atoms with E-state index in [2.05, 4.69) is 30.7 Å². The molecular weight excluding hydrogens is 1600 g/mol. The Balaban J connectivity index is 0.000000179. The number of sulfonamides is 2. The number of hydrogen-bond donors (Lipinski definition) is 7. The van der Waals surface area contributed by atoms with Gasteiger partial charge in [-0.15, -0.1) is 12.4 Å². The lowest BCUT2D eigenvalue weighted by Gasteiger charge is -2.36. The standard InChI is InChI=1S/C37H43ClN6O9S.C30H38ClN5O7S.C8H10O4.C3H7N.ClH/c38-26-10-6-8-21-18-43(20-25(21)26)36(50)53-23-16-28-33(47)40-37(35(49)41-54(51,52)24-12-13-24)17-22(37)9-4-2-1-3-5-11-27(34(48)44(28)19-23)39-29-30(32(46)31(29)45)42-14-7-15-42;31-23-9-6-7-18-15-35(17-22(18)23)29(40)43-20-13-25-26(37)33-30(28(39)34-44(41,42)21-11-12-21)14-19(30)8-4-2-1-3-5-10-24(32)27(38)36(25)16-20;1-3-11-7-5(9)6(10)8(7)12-4-2;1-2-4-3-1;/h4,6,8-10,22-24,27-28,39H,1-3,5,7,11-20H2,(H,40,47)(H,41,49);4,6-9,19-21,24-25H,1-3,5,10-17,32H2,(H,33,37)(H,34,39);3-4H2,1-2H3;4H,1-3H2;1H/b9-4-;8-4-;;;/t22-,23-,27+,28+,37-;19-,20-,24+,25+,30-;;;/m11.../s1. The van der Waals surface area contributed by atoms with Gasteiger partial charge in [0.05, 0.1) is 55.9 Å². The molecule has 8 aliphatic heterocycles. The lowest BCUT2D eigenvalue weighted by Crippen LogP contribution is -2.58. The predicted octanol–water partition coefficient (Wildman–Crippen LogP) is 4.63. The van der Waals surface area contributed by atoms with Gasteiger partial charge in [0, 0.05) is 60.9 Å². The van der Waals surface area contributed by atoms with Crippen LogP contribution in [-0.4, -0.2) is 195 Å². The zero-order chi connectivity index (χ0) is 81.1. The average molecular weight is 1700 g/mol. The first kappa shape index (κ1) is 85.7. The highest BCUT2D eigenvalue weighted by Crippen LogP contribution is 2.48. The van der Waals surface area contributed by atoms with E-state index in [9.17, 15) is 74.4 Å². The lowest BCUT2D eigenvalue weighted by atomic mass is 10.0. The second-order valence-electron chi connectivity index (χ2n) is 31.3. The zero-order valence-corrected chi connectivity index (χ0v) is 68.1. The molecule has 4 aromatic carbocycles. The van der Waals surface area contributed by atoms with E-state index in [0.29, 0.717) is 94.3 Å². The van der Waals surface area contributed by atoms with E-state index in [1.54, 1.807) is 36.9 Å². The van der Waals surface area contributed by atoms with Crippen LogP contribution in [0.4, 0.5) is 21.0 Å². The molecule has 8 amide bonds. The average Bonchev–Trinajstić information content (AvgIpc) is 1.70. The minimum Gasteiger partial charge on any atom is -0.486 e. The van der Waals surface area contributed by atoms with Gasteiger partial charge in [0.25, 0.3) is 33.5 Å². The first-order valence-electron chi connectivity index (χ1n) is 39.6. The van der Waals surface area contributed by atoms with Gasteiger partial charge in [0.15, 0.2) is 0 Å². The third kappa shape index (κ3) is 19.0. The van der Waals surface area contributed by atoms with Crippen LogP contribution in [0.3, 0.4) is 0 Å². The minimum atomic E-state index is -3.92. The molecule has 0 bridgehead atoms. The van der Waals surface area contributed by atoms with Gasteiger partial charge in [-0.25, -0.2) is 26.4 Å². The number of carbonyl (C=O) groups excluding carboxylic acids is 8. The van der Waals surface area contributed by atoms with Crippen LogP contribution >= 0.6 is 35.6 Å². The van der Waals surface area contributed by atoms with Crippen LogP contribution in [0.1, 0.15) is 165 Å². The molecule has 4 saturated heterocycles. The summed E-state index contributed by atoms with van der Waals surface area (Å²) >= 11 is 12.7. The minimum absolute atomic E-state index is 0. The number of nitrogens with two attached hydrogens (primary N) is 1. The van der Waals surface area contributed by atoms with Gasteiger partial charge < -0.3 is 60.6 Å². The lowest BCUT2D eigenvalue weighted by molar-refractivity contribution is -0.140. The summed E-state index contributed by atoms with van der Waals surface area (Å²) in [5.74, 6) is -4.58. The summed E-state index contributed by atoms with van der Waals surface area (Å²) in [4.78, 5) is 165. The van der Waals surface area contributed by atoms with Crippen molar-refractivity contribution in [1.82, 2.24) is 45.0 Å². The third-order valence-electron chi connectivity index (χ3n) is 23.1. The molecule has 37 heteroatoms. The number of nitrogens with one attached hydrogen (secondary N) is 6. The maximum Gasteiger partial charge on any atom is 0.410 e. The molecule has 8 heterocycles. The predicted molar refractivity (Wildman–Crippen MR) is 427 cm³/mol. The number of benzene rings is 2. The van der Waals surface area contributed by atoms with Gasteiger partial charge in [0.1, 0.15) is 52.8 Å². The smallest absolute Gasteiger partial charge is 0.410 e. The molecule has 10 atom stereocenters. The molecular formula is C78H99Cl3N12O20S2. The Bertz CT molecular complexity index is 4810. The highest BCUT2D eigenvalue weighted by Gasteiger charge is 2.64. The Morgan fingerprint density at radius 3 is 1.42 bits per heavy atom. The fourth-order valence-electron chi connectivity index (χ4n) is 15.7. The molecule has 4 aliphatic carbocycles. The molecule has 32 nitrogen and oxygen atoms in total. The highest BCUT2D eigenvalue weighted by molar-refractivity contribution is 7.91. The summed E-state index contributed by atoms with van der Waals surface area (Å²) < 4.78 is 76.8. The fraction of sp³-hybridized carbons (Fsp3) is 0.590. The largest absolute Gasteiger partial charge is 0.486 e. The maximum absolute atomic E-state index is 14.6. The maximum atomic E-state index is 14.6. The Kier molecular flexibility index (Phi) is 26.9. The quantitative estimate of drug-likeness (QED) is 0.0630. The van der Waals surface area contributed by atoms with Gasteiger partial charge >= 0.3 is 12.2 Å². The number of allylic oxidation sites excluding steroid dienone is 2. The third-order valence-corrected chi connectivity index (χ3v) is 27.5. The van der Waals surface area contributed by atoms with E-state index in [1.165, 1.54) is 39.1 Å². The van der Waals surface area contributed by atoms with Crippen molar-refractivity contribution in [2.45, 2.75) is 226 Å². The molecule has 4 saturated carbocycles. The number of rotatable bonds is 15. The van der Waals surface area contributed by atoms with Crippen molar-refractivity contribution in [1.29, 1.82) is 0 Å². The molecule has 0 unspecified atom stereocenters. The number of amides is 8. The zero-order valence-electron chi connectivity index (χ0n) is 64.1. The summed E-state index contributed by atoms with van der Waals surface area (Å²) in [5, 5.41) is 11.7. The molecule has 4 aromatic rings. The van der Waals surface area contributed by atoms with Gasteiger partial charge in [-0.2, -0.15) is 0 Å². The van der Waals surface area contributed by atoms with E-state index in [1.807, 2.05) is 42.5 Å². The second kappa shape index (κ2) is 36.1. The van der Waals surface area contributed by atoms with Crippen molar-refractivity contribution in [3.05, 3.63) is 134 Å². The SMILES string of the molecule is C1CNC1.CCOc1c(OCC)c(=O)c1=O.Cl.N[C@H]1CCCCC/C=C\[C@@H]2C[C@@]2(C(=O)NS(=O)(=O)C2CC2)NC(=O)[C@@H]2C[C@@H](OC(=O)N3Cc4cccc(Cl)c4C3)CN2C1=O.O=C1N[C@]2(C(=O)NS(=O)(=O)C3CC3)C[C@H]2/C=C\CCCCC[C@H](Nc2c(N3CCC3)c(=O)c2=O)C(=O)N2C[C@H](OC(=O)N3Cc4cccc(Cl)c4C3)C[C@@H]12. The van der Waals surface area contributed by atoms with Crippen LogP contribution < -0.4 is 72.5 Å². The monoisotopic (exact) mass is 1690 g/mol. The summed E-state index contributed by atoms with van der Waals surface area (Å²) in [5.41, 5.74) is 4.65. The number of halogens is 3. The fourth-order valence-corrected chi connectivity index (χ4v) is 18.9. The number of nitrogens with zero attached hydrogens (tertiary/aromatic N) is 5. The van der Waals surface area contributed by atoms with Crippen LogP contribution in [0.5, 0.6) is 11.5 Å². The van der Waals surface area contributed by atoms with Crippen molar-refractivity contribution in [3.8, 4) is 11.5 Å². The number of ether oxygens (including phenoxy) is 4. The molecule has 0 aromatic heterocycles. The number of hydrogen-bond acceptors (Lipinski definition) is 24. The van der Waals surface area contributed by atoms with Crippen molar-refractivity contribution in [3.63, 3.8) is 0 Å². The van der Waals surface area contributed by atoms with E-state index >= 15 is 0 Å². The molecule has 0 spiro atoms. The Morgan fingerprint density at radius 2 is 1.01 bits per heavy atom. The molecule has 624 valence electrons. The van der Waals surface area contributed by atoms with Gasteiger partial charge in [-0.05, 0) is 151 Å². The number of carbonyl (C=O) groups is 8. The molecule has 16 rings (SSSR count). The van der Waals surface area contributed by atoms with Crippen LogP contribution in [0.25, 0.3) is 0 Å². The molecule has 0 radical (unpaired) electrons. The second-order valence-corrected chi connectivity index (χ2v) is 36.0. The van der Waals surface area contributed by atoms with E-state index in [0.717, 1.165) is 67.2 Å². The number of anilines is 2. The molecule has 12 aliphatic rings.